The zero-order valence-electron chi connectivity index (χ0n) is 8.69. The molecule has 3 nitrogen and oxygen atoms in total. The van der Waals surface area contributed by atoms with E-state index in [4.69, 9.17) is 14.2 Å². The van der Waals surface area contributed by atoms with E-state index in [0.717, 1.165) is 11.3 Å². The Morgan fingerprint density at radius 2 is 2.07 bits per heavy atom. The normalized spacial score (nSPS) is 31.3. The second-order valence-electron chi connectivity index (χ2n) is 3.68. The molecule has 0 aromatic heterocycles. The average molecular weight is 204 g/mol. The molecule has 2 bridgehead atoms. The molecule has 2 aliphatic heterocycles. The molecule has 15 heavy (non-hydrogen) atoms. The van der Waals surface area contributed by atoms with Crippen LogP contribution >= 0.6 is 0 Å². The molecule has 0 aliphatic carbocycles. The van der Waals surface area contributed by atoms with E-state index in [1.165, 1.54) is 5.56 Å². The summed E-state index contributed by atoms with van der Waals surface area (Å²) in [5, 5.41) is 0. The highest BCUT2D eigenvalue weighted by molar-refractivity contribution is 5.47. The second-order valence-corrected chi connectivity index (χ2v) is 3.68. The maximum Gasteiger partial charge on any atom is 0.256 e. The molecule has 1 aromatic carbocycles. The van der Waals surface area contributed by atoms with E-state index in [0.29, 0.717) is 0 Å². The summed E-state index contributed by atoms with van der Waals surface area (Å²) in [6, 6.07) is 8.07. The Labute approximate surface area is 88.3 Å². The molecule has 0 N–H and O–H groups in total. The third kappa shape index (κ3) is 0.919. The summed E-state index contributed by atoms with van der Waals surface area (Å²) in [6.45, 7) is 0. The number of hydrogen-bond donors (Lipinski definition) is 0. The average Bonchev–Trinajstić information content (AvgIpc) is 2.83. The lowest BCUT2D eigenvalue weighted by Crippen LogP contribution is -2.29. The summed E-state index contributed by atoms with van der Waals surface area (Å²) in [5.41, 5.74) is 2.22. The van der Waals surface area contributed by atoms with Gasteiger partial charge in [0.15, 0.2) is 5.76 Å². The minimum absolute atomic E-state index is 0.0314. The number of ether oxygens (including phenoxy) is 3. The molecule has 0 fully saturated rings. The minimum Gasteiger partial charge on any atom is -0.495 e. The van der Waals surface area contributed by atoms with Crippen molar-refractivity contribution in [3.63, 3.8) is 0 Å². The van der Waals surface area contributed by atoms with Crippen LogP contribution in [0.2, 0.25) is 0 Å². The second kappa shape index (κ2) is 2.84. The summed E-state index contributed by atoms with van der Waals surface area (Å²) >= 11 is 0. The summed E-state index contributed by atoms with van der Waals surface area (Å²) in [5.74, 6) is -0.0653. The summed E-state index contributed by atoms with van der Waals surface area (Å²) in [6.07, 6.45) is 1.93. The fraction of sp³-hybridized carbons (Fsp3) is 0.333. The van der Waals surface area contributed by atoms with Gasteiger partial charge in [-0.2, -0.15) is 0 Å². The molecule has 0 saturated carbocycles. The predicted octanol–water partition coefficient (Wildman–Crippen LogP) is 2.10. The van der Waals surface area contributed by atoms with Crippen LogP contribution in [0, 0.1) is 0 Å². The lowest BCUT2D eigenvalue weighted by Gasteiger charge is -2.26. The SMILES string of the molecule is COC1=CC2OC1(OC)c1ccccc12. The quantitative estimate of drug-likeness (QED) is 0.738. The van der Waals surface area contributed by atoms with Gasteiger partial charge in [-0.15, -0.1) is 0 Å². The lowest BCUT2D eigenvalue weighted by atomic mass is 9.93. The summed E-state index contributed by atoms with van der Waals surface area (Å²) in [4.78, 5) is 0. The van der Waals surface area contributed by atoms with Crippen molar-refractivity contribution in [2.45, 2.75) is 11.9 Å². The Hall–Kier alpha value is -1.32. The fourth-order valence-electron chi connectivity index (χ4n) is 2.37. The highest BCUT2D eigenvalue weighted by Gasteiger charge is 2.54. The predicted molar refractivity (Wildman–Crippen MR) is 54.0 cm³/mol. The largest absolute Gasteiger partial charge is 0.495 e. The summed E-state index contributed by atoms with van der Waals surface area (Å²) in [7, 11) is 3.27. The van der Waals surface area contributed by atoms with E-state index in [9.17, 15) is 0 Å². The van der Waals surface area contributed by atoms with Crippen molar-refractivity contribution in [3.05, 3.63) is 47.2 Å². The maximum atomic E-state index is 5.84. The zero-order valence-corrected chi connectivity index (χ0v) is 8.69. The van der Waals surface area contributed by atoms with Crippen molar-refractivity contribution in [1.82, 2.24) is 0 Å². The number of fused-ring (bicyclic) bond motifs is 5. The van der Waals surface area contributed by atoms with Gasteiger partial charge >= 0.3 is 0 Å². The standard InChI is InChI=1S/C12H12O3/c1-13-11-7-10-8-5-3-4-6-9(8)12(11,14-2)15-10/h3-7,10H,1-2H3. The van der Waals surface area contributed by atoms with E-state index < -0.39 is 5.79 Å². The molecule has 2 unspecified atom stereocenters. The molecule has 0 radical (unpaired) electrons. The Morgan fingerprint density at radius 1 is 1.27 bits per heavy atom. The first kappa shape index (κ1) is 8.95. The monoisotopic (exact) mass is 204 g/mol. The van der Waals surface area contributed by atoms with Gasteiger partial charge in [0.1, 0.15) is 6.10 Å². The van der Waals surface area contributed by atoms with Gasteiger partial charge in [-0.3, -0.25) is 0 Å². The van der Waals surface area contributed by atoms with Crippen LogP contribution in [-0.2, 0) is 20.0 Å². The van der Waals surface area contributed by atoms with Crippen molar-refractivity contribution in [2.75, 3.05) is 14.2 Å². The van der Waals surface area contributed by atoms with E-state index >= 15 is 0 Å². The smallest absolute Gasteiger partial charge is 0.256 e. The Kier molecular flexibility index (Phi) is 1.69. The van der Waals surface area contributed by atoms with E-state index in [1.54, 1.807) is 14.2 Å². The number of hydrogen-bond acceptors (Lipinski definition) is 3. The van der Waals surface area contributed by atoms with Gasteiger partial charge in [0.25, 0.3) is 5.79 Å². The first-order valence-electron chi connectivity index (χ1n) is 4.90. The lowest BCUT2D eigenvalue weighted by molar-refractivity contribution is -0.208. The number of rotatable bonds is 2. The van der Waals surface area contributed by atoms with Crippen LogP contribution in [0.4, 0.5) is 0 Å². The zero-order chi connectivity index (χ0) is 10.5. The van der Waals surface area contributed by atoms with Gasteiger partial charge in [-0.1, -0.05) is 24.3 Å². The van der Waals surface area contributed by atoms with E-state index in [-0.39, 0.29) is 6.10 Å². The van der Waals surface area contributed by atoms with Crippen molar-refractivity contribution in [3.8, 4) is 0 Å². The van der Waals surface area contributed by atoms with Gasteiger partial charge < -0.3 is 14.2 Å². The van der Waals surface area contributed by atoms with Crippen LogP contribution in [0.25, 0.3) is 0 Å². The first-order chi connectivity index (χ1) is 7.31. The van der Waals surface area contributed by atoms with Gasteiger partial charge in [-0.25, -0.2) is 0 Å². The minimum atomic E-state index is -0.810. The van der Waals surface area contributed by atoms with Gasteiger partial charge in [0.2, 0.25) is 0 Å². The van der Waals surface area contributed by atoms with Crippen LogP contribution in [0.5, 0.6) is 0 Å². The van der Waals surface area contributed by atoms with E-state index in [2.05, 4.69) is 6.07 Å². The number of methoxy groups -OCH3 is 2. The molecule has 2 aliphatic rings. The Balaban J connectivity index is 2.21. The third-order valence-electron chi connectivity index (χ3n) is 3.05. The van der Waals surface area contributed by atoms with Gasteiger partial charge in [0.05, 0.1) is 7.11 Å². The molecule has 0 amide bonds. The van der Waals surface area contributed by atoms with Crippen molar-refractivity contribution in [2.24, 2.45) is 0 Å². The van der Waals surface area contributed by atoms with Crippen molar-refractivity contribution in [1.29, 1.82) is 0 Å². The Bertz CT molecular complexity index is 438. The van der Waals surface area contributed by atoms with Crippen molar-refractivity contribution >= 4 is 0 Å². The molecule has 3 heteroatoms. The van der Waals surface area contributed by atoms with Crippen LogP contribution in [-0.4, -0.2) is 14.2 Å². The topological polar surface area (TPSA) is 27.7 Å². The Morgan fingerprint density at radius 3 is 2.80 bits per heavy atom. The molecule has 2 heterocycles. The van der Waals surface area contributed by atoms with Crippen LogP contribution < -0.4 is 0 Å². The van der Waals surface area contributed by atoms with Gasteiger partial charge in [0, 0.05) is 12.7 Å². The molecule has 1 aromatic rings. The molecule has 0 saturated heterocycles. The highest BCUT2D eigenvalue weighted by Crippen LogP contribution is 2.54. The van der Waals surface area contributed by atoms with Crippen LogP contribution in [0.15, 0.2) is 36.1 Å². The van der Waals surface area contributed by atoms with E-state index in [1.807, 2.05) is 24.3 Å². The maximum absolute atomic E-state index is 5.84. The molecular weight excluding hydrogens is 192 g/mol. The van der Waals surface area contributed by atoms with Gasteiger partial charge in [-0.05, 0) is 11.6 Å². The molecule has 3 rings (SSSR count). The molecule has 0 spiro atoms. The van der Waals surface area contributed by atoms with Crippen LogP contribution in [0.3, 0.4) is 0 Å². The molecular formula is C12H12O3. The highest BCUT2D eigenvalue weighted by atomic mass is 16.7. The molecule has 2 atom stereocenters. The van der Waals surface area contributed by atoms with Crippen LogP contribution in [0.1, 0.15) is 17.2 Å². The first-order valence-corrected chi connectivity index (χ1v) is 4.90. The fourth-order valence-corrected chi connectivity index (χ4v) is 2.37. The number of benzene rings is 1. The molecule has 78 valence electrons. The summed E-state index contributed by atoms with van der Waals surface area (Å²) < 4.78 is 16.7. The van der Waals surface area contributed by atoms with Crippen molar-refractivity contribution < 1.29 is 14.2 Å². The third-order valence-corrected chi connectivity index (χ3v) is 3.05.